The van der Waals surface area contributed by atoms with E-state index in [1.807, 2.05) is 0 Å². The van der Waals surface area contributed by atoms with Gasteiger partial charge in [0, 0.05) is 18.1 Å². The zero-order valence-electron chi connectivity index (χ0n) is 14.7. The minimum Gasteiger partial charge on any atom is -0.310 e. The van der Waals surface area contributed by atoms with E-state index in [2.05, 4.69) is 73.9 Å². The minimum absolute atomic E-state index is 0.0953. The molecule has 2 aromatic carbocycles. The summed E-state index contributed by atoms with van der Waals surface area (Å²) in [6.07, 6.45) is 0. The molecule has 1 unspecified atom stereocenters. The van der Waals surface area contributed by atoms with Gasteiger partial charge in [0.05, 0.1) is 11.7 Å². The average Bonchev–Trinajstić information content (AvgIpc) is 2.84. The lowest BCUT2D eigenvalue weighted by molar-refractivity contribution is 0.795. The topological polar surface area (TPSA) is 30.3 Å². The van der Waals surface area contributed by atoms with Crippen LogP contribution < -0.4 is 9.80 Å². The molecular weight excluding hydrogens is 318 g/mol. The van der Waals surface area contributed by atoms with E-state index in [0.717, 1.165) is 17.9 Å². The average molecular weight is 342 g/mol. The SMILES string of the molecule is Cc1cccc(C)c1N1CC(CCl)N(c2c(C)cccc2C)C1=N. The van der Waals surface area contributed by atoms with Gasteiger partial charge in [-0.1, -0.05) is 36.4 Å². The molecule has 1 fully saturated rings. The fourth-order valence-corrected chi connectivity index (χ4v) is 3.94. The van der Waals surface area contributed by atoms with Gasteiger partial charge in [-0.05, 0) is 49.9 Å². The zero-order chi connectivity index (χ0) is 17.4. The van der Waals surface area contributed by atoms with Crippen LogP contribution in [0.15, 0.2) is 36.4 Å². The van der Waals surface area contributed by atoms with Crippen molar-refractivity contribution < 1.29 is 0 Å². The smallest absolute Gasteiger partial charge is 0.203 e. The first kappa shape index (κ1) is 16.8. The number of nitrogens with zero attached hydrogens (tertiary/aromatic N) is 2. The molecule has 0 aromatic heterocycles. The van der Waals surface area contributed by atoms with Crippen LogP contribution in [-0.4, -0.2) is 24.4 Å². The van der Waals surface area contributed by atoms with Crippen molar-refractivity contribution in [3.63, 3.8) is 0 Å². The summed E-state index contributed by atoms with van der Waals surface area (Å²) in [4.78, 5) is 4.20. The van der Waals surface area contributed by atoms with Crippen LogP contribution in [0.3, 0.4) is 0 Å². The summed E-state index contributed by atoms with van der Waals surface area (Å²) in [5.41, 5.74) is 6.98. The minimum atomic E-state index is 0.0953. The summed E-state index contributed by atoms with van der Waals surface area (Å²) in [7, 11) is 0. The van der Waals surface area contributed by atoms with Gasteiger partial charge in [0.2, 0.25) is 5.96 Å². The highest BCUT2D eigenvalue weighted by molar-refractivity contribution is 6.20. The van der Waals surface area contributed by atoms with Gasteiger partial charge < -0.3 is 9.80 Å². The number of rotatable bonds is 3. The first-order valence-corrected chi connectivity index (χ1v) is 8.83. The molecule has 3 nitrogen and oxygen atoms in total. The Morgan fingerprint density at radius 1 is 0.917 bits per heavy atom. The van der Waals surface area contributed by atoms with E-state index in [9.17, 15) is 0 Å². The van der Waals surface area contributed by atoms with Crippen LogP contribution in [-0.2, 0) is 0 Å². The highest BCUT2D eigenvalue weighted by atomic mass is 35.5. The quantitative estimate of drug-likeness (QED) is 0.813. The van der Waals surface area contributed by atoms with Crippen molar-refractivity contribution in [3.05, 3.63) is 58.7 Å². The molecule has 1 heterocycles. The molecule has 126 valence electrons. The lowest BCUT2D eigenvalue weighted by Crippen LogP contribution is -2.37. The van der Waals surface area contributed by atoms with Crippen LogP contribution in [0.25, 0.3) is 0 Å². The lowest BCUT2D eigenvalue weighted by atomic mass is 10.1. The fraction of sp³-hybridized carbons (Fsp3) is 0.350. The van der Waals surface area contributed by atoms with Crippen LogP contribution in [0.4, 0.5) is 11.4 Å². The van der Waals surface area contributed by atoms with Crippen LogP contribution >= 0.6 is 11.6 Å². The third-order valence-electron chi connectivity index (χ3n) is 4.81. The molecule has 4 heteroatoms. The van der Waals surface area contributed by atoms with Crippen LogP contribution in [0.2, 0.25) is 0 Å². The number of para-hydroxylation sites is 2. The molecule has 1 saturated heterocycles. The maximum atomic E-state index is 8.85. The van der Waals surface area contributed by atoms with Gasteiger partial charge in [0.15, 0.2) is 0 Å². The van der Waals surface area contributed by atoms with Gasteiger partial charge in [-0.3, -0.25) is 5.41 Å². The summed E-state index contributed by atoms with van der Waals surface area (Å²) < 4.78 is 0. The third-order valence-corrected chi connectivity index (χ3v) is 5.17. The van der Waals surface area contributed by atoms with E-state index >= 15 is 0 Å². The van der Waals surface area contributed by atoms with Crippen molar-refractivity contribution in [1.82, 2.24) is 0 Å². The summed E-state index contributed by atoms with van der Waals surface area (Å²) >= 11 is 6.29. The van der Waals surface area contributed by atoms with E-state index in [1.54, 1.807) is 0 Å². The number of nitrogens with one attached hydrogen (secondary N) is 1. The van der Waals surface area contributed by atoms with Crippen LogP contribution in [0, 0.1) is 33.1 Å². The Hall–Kier alpha value is -2.00. The maximum absolute atomic E-state index is 8.85. The molecule has 0 saturated carbocycles. The normalized spacial score (nSPS) is 17.7. The van der Waals surface area contributed by atoms with Crippen molar-refractivity contribution in [1.29, 1.82) is 5.41 Å². The van der Waals surface area contributed by atoms with E-state index in [0.29, 0.717) is 11.8 Å². The molecule has 1 aliphatic heterocycles. The standard InChI is InChI=1S/C20H24ClN3/c1-13-7-5-8-14(2)18(13)23-12-17(11-21)24(20(23)22)19-15(3)9-6-10-16(19)4/h5-10,17,22H,11-12H2,1-4H3. The van der Waals surface area contributed by atoms with Gasteiger partial charge in [-0.25, -0.2) is 0 Å². The lowest BCUT2D eigenvalue weighted by Gasteiger charge is -2.28. The Labute approximate surface area is 149 Å². The number of benzene rings is 2. The first-order valence-electron chi connectivity index (χ1n) is 8.29. The second-order valence-electron chi connectivity index (χ2n) is 6.59. The third kappa shape index (κ3) is 2.67. The van der Waals surface area contributed by atoms with E-state index in [1.165, 1.54) is 22.3 Å². The predicted octanol–water partition coefficient (Wildman–Crippen LogP) is 4.79. The van der Waals surface area contributed by atoms with Gasteiger partial charge in [0.1, 0.15) is 0 Å². The maximum Gasteiger partial charge on any atom is 0.203 e. The second kappa shape index (κ2) is 6.48. The number of halogens is 1. The van der Waals surface area contributed by atoms with Gasteiger partial charge in [-0.15, -0.1) is 11.6 Å². The first-order chi connectivity index (χ1) is 11.5. The van der Waals surface area contributed by atoms with Gasteiger partial charge in [0.25, 0.3) is 0 Å². The molecular formula is C20H24ClN3. The van der Waals surface area contributed by atoms with Gasteiger partial charge >= 0.3 is 0 Å². The summed E-state index contributed by atoms with van der Waals surface area (Å²) in [5, 5.41) is 8.85. The number of guanidine groups is 1. The Morgan fingerprint density at radius 2 is 1.38 bits per heavy atom. The zero-order valence-corrected chi connectivity index (χ0v) is 15.5. The molecule has 24 heavy (non-hydrogen) atoms. The number of alkyl halides is 1. The summed E-state index contributed by atoms with van der Waals surface area (Å²) in [5.74, 6) is 1.01. The van der Waals surface area contributed by atoms with Crippen molar-refractivity contribution >= 4 is 28.9 Å². The number of hydrogen-bond acceptors (Lipinski definition) is 1. The molecule has 0 amide bonds. The van der Waals surface area contributed by atoms with Crippen LogP contribution in [0.1, 0.15) is 22.3 Å². The second-order valence-corrected chi connectivity index (χ2v) is 6.90. The molecule has 1 atom stereocenters. The summed E-state index contributed by atoms with van der Waals surface area (Å²) in [6, 6.07) is 12.6. The monoisotopic (exact) mass is 341 g/mol. The highest BCUT2D eigenvalue weighted by Gasteiger charge is 2.37. The number of hydrogen-bond donors (Lipinski definition) is 1. The van der Waals surface area contributed by atoms with E-state index < -0.39 is 0 Å². The molecule has 1 aliphatic rings. The van der Waals surface area contributed by atoms with E-state index in [4.69, 9.17) is 17.0 Å². The molecule has 0 bridgehead atoms. The molecule has 1 N–H and O–H groups in total. The van der Waals surface area contributed by atoms with Crippen molar-refractivity contribution in [2.75, 3.05) is 22.2 Å². The number of anilines is 2. The molecule has 0 radical (unpaired) electrons. The molecule has 2 aromatic rings. The molecule has 0 aliphatic carbocycles. The Morgan fingerprint density at radius 3 is 1.83 bits per heavy atom. The Kier molecular flexibility index (Phi) is 4.55. The van der Waals surface area contributed by atoms with Crippen molar-refractivity contribution in [2.24, 2.45) is 0 Å². The Balaban J connectivity index is 2.09. The summed E-state index contributed by atoms with van der Waals surface area (Å²) in [6.45, 7) is 9.15. The highest BCUT2D eigenvalue weighted by Crippen LogP contribution is 2.35. The molecule has 0 spiro atoms. The van der Waals surface area contributed by atoms with E-state index in [-0.39, 0.29) is 6.04 Å². The largest absolute Gasteiger partial charge is 0.310 e. The number of aryl methyl sites for hydroxylation is 4. The van der Waals surface area contributed by atoms with Crippen LogP contribution in [0.5, 0.6) is 0 Å². The van der Waals surface area contributed by atoms with Crippen molar-refractivity contribution in [2.45, 2.75) is 33.7 Å². The predicted molar refractivity (Wildman–Crippen MR) is 104 cm³/mol. The van der Waals surface area contributed by atoms with Crippen molar-refractivity contribution in [3.8, 4) is 0 Å². The molecule has 3 rings (SSSR count). The fourth-order valence-electron chi connectivity index (χ4n) is 3.70. The van der Waals surface area contributed by atoms with Gasteiger partial charge in [-0.2, -0.15) is 0 Å². The Bertz CT molecular complexity index is 744.